The monoisotopic (exact) mass is 287 g/mol. The molecule has 1 aromatic carbocycles. The molecular weight excluding hydrogens is 262 g/mol. The average Bonchev–Trinajstić information content (AvgIpc) is 2.85. The number of rotatable bonds is 3. The molecule has 1 N–H and O–H groups in total. The Morgan fingerprint density at radius 3 is 2.60 bits per heavy atom. The minimum atomic E-state index is 0.471. The molecule has 1 aromatic heterocycles. The zero-order chi connectivity index (χ0) is 14.2. The topological polar surface area (TPSA) is 12.0 Å². The third-order valence-electron chi connectivity index (χ3n) is 4.70. The first-order chi connectivity index (χ1) is 9.53. The van der Waals surface area contributed by atoms with Crippen LogP contribution < -0.4 is 5.32 Å². The maximum Gasteiger partial charge on any atom is 0.0388 e. The van der Waals surface area contributed by atoms with Crippen LogP contribution in [0.5, 0.6) is 0 Å². The van der Waals surface area contributed by atoms with Crippen molar-refractivity contribution in [2.75, 3.05) is 0 Å². The van der Waals surface area contributed by atoms with Gasteiger partial charge in [-0.1, -0.05) is 32.0 Å². The fourth-order valence-electron chi connectivity index (χ4n) is 3.22. The smallest absolute Gasteiger partial charge is 0.0388 e. The van der Waals surface area contributed by atoms with Crippen LogP contribution in [0.1, 0.15) is 57.4 Å². The lowest BCUT2D eigenvalue weighted by molar-refractivity contribution is 0.200. The number of nitrogens with one attached hydrogen (secondary N) is 1. The molecule has 1 saturated carbocycles. The van der Waals surface area contributed by atoms with Gasteiger partial charge in [0.2, 0.25) is 0 Å². The Hall–Kier alpha value is -0.860. The summed E-state index contributed by atoms with van der Waals surface area (Å²) in [4.78, 5) is 1.47. The van der Waals surface area contributed by atoms with Crippen molar-refractivity contribution in [3.63, 3.8) is 0 Å². The van der Waals surface area contributed by atoms with Crippen LogP contribution in [0.4, 0.5) is 0 Å². The van der Waals surface area contributed by atoms with Gasteiger partial charge in [-0.25, -0.2) is 0 Å². The van der Waals surface area contributed by atoms with Crippen molar-refractivity contribution in [1.82, 2.24) is 5.32 Å². The highest BCUT2D eigenvalue weighted by molar-refractivity contribution is 7.19. The highest BCUT2D eigenvalue weighted by Gasteiger charge is 2.27. The Bertz CT molecular complexity index is 541. The molecule has 1 aliphatic carbocycles. The molecule has 20 heavy (non-hydrogen) atoms. The van der Waals surface area contributed by atoms with Crippen molar-refractivity contribution in [2.45, 2.75) is 58.5 Å². The van der Waals surface area contributed by atoms with Crippen LogP contribution in [-0.2, 0) is 0 Å². The van der Waals surface area contributed by atoms with Gasteiger partial charge in [0.25, 0.3) is 0 Å². The van der Waals surface area contributed by atoms with E-state index in [1.165, 1.54) is 40.6 Å². The van der Waals surface area contributed by atoms with Crippen LogP contribution in [0.2, 0.25) is 0 Å². The van der Waals surface area contributed by atoms with E-state index >= 15 is 0 Å². The van der Waals surface area contributed by atoms with E-state index < -0.39 is 0 Å². The quantitative estimate of drug-likeness (QED) is 0.783. The summed E-state index contributed by atoms with van der Waals surface area (Å²) in [6.07, 6.45) is 5.35. The van der Waals surface area contributed by atoms with Crippen LogP contribution in [0.25, 0.3) is 10.1 Å². The lowest BCUT2D eigenvalue weighted by Gasteiger charge is -2.35. The van der Waals surface area contributed by atoms with Crippen molar-refractivity contribution in [2.24, 2.45) is 5.41 Å². The number of hydrogen-bond donors (Lipinski definition) is 1. The van der Waals surface area contributed by atoms with Gasteiger partial charge in [0.05, 0.1) is 0 Å². The molecule has 1 heterocycles. The van der Waals surface area contributed by atoms with E-state index in [-0.39, 0.29) is 0 Å². The molecule has 0 spiro atoms. The number of fused-ring (bicyclic) bond motifs is 1. The van der Waals surface area contributed by atoms with E-state index in [0.717, 1.165) is 0 Å². The summed E-state index contributed by atoms with van der Waals surface area (Å²) in [5.41, 5.74) is 0.555. The largest absolute Gasteiger partial charge is 0.307 e. The maximum absolute atomic E-state index is 3.84. The number of hydrogen-bond acceptors (Lipinski definition) is 2. The first-order valence-electron chi connectivity index (χ1n) is 7.78. The van der Waals surface area contributed by atoms with Gasteiger partial charge in [-0.15, -0.1) is 11.3 Å². The summed E-state index contributed by atoms with van der Waals surface area (Å²) in [7, 11) is 0. The van der Waals surface area contributed by atoms with Crippen molar-refractivity contribution in [3.8, 4) is 0 Å². The first-order valence-corrected chi connectivity index (χ1v) is 8.60. The summed E-state index contributed by atoms with van der Waals surface area (Å²) < 4.78 is 1.40. The molecular formula is C18H25NS. The molecule has 1 fully saturated rings. The molecule has 0 bridgehead atoms. The fraction of sp³-hybridized carbons (Fsp3) is 0.556. The number of benzene rings is 1. The summed E-state index contributed by atoms with van der Waals surface area (Å²) in [6.45, 7) is 7.11. The van der Waals surface area contributed by atoms with Crippen LogP contribution >= 0.6 is 11.3 Å². The van der Waals surface area contributed by atoms with Crippen molar-refractivity contribution in [1.29, 1.82) is 0 Å². The van der Waals surface area contributed by atoms with Gasteiger partial charge >= 0.3 is 0 Å². The molecule has 0 saturated heterocycles. The van der Waals surface area contributed by atoms with E-state index in [4.69, 9.17) is 0 Å². The normalized spacial score (nSPS) is 21.1. The zero-order valence-electron chi connectivity index (χ0n) is 12.8. The predicted molar refractivity (Wildman–Crippen MR) is 89.4 cm³/mol. The predicted octanol–water partition coefficient (Wildman–Crippen LogP) is 5.52. The zero-order valence-corrected chi connectivity index (χ0v) is 13.6. The molecule has 2 heteroatoms. The van der Waals surface area contributed by atoms with E-state index in [2.05, 4.69) is 56.4 Å². The summed E-state index contributed by atoms with van der Waals surface area (Å²) in [6, 6.07) is 12.2. The average molecular weight is 287 g/mol. The van der Waals surface area contributed by atoms with E-state index in [9.17, 15) is 0 Å². The van der Waals surface area contributed by atoms with Gasteiger partial charge in [0.1, 0.15) is 0 Å². The Morgan fingerprint density at radius 1 is 1.20 bits per heavy atom. The molecule has 0 aliphatic heterocycles. The molecule has 0 radical (unpaired) electrons. The van der Waals surface area contributed by atoms with Gasteiger partial charge < -0.3 is 5.32 Å². The molecule has 0 amide bonds. The SMILES string of the molecule is CC(NC1CCC(C)(C)CC1)c1cc2ccccc2s1. The molecule has 1 aliphatic rings. The summed E-state index contributed by atoms with van der Waals surface area (Å²) in [5, 5.41) is 5.22. The fourth-order valence-corrected chi connectivity index (χ4v) is 4.29. The molecule has 1 nitrogen and oxygen atoms in total. The van der Waals surface area contributed by atoms with Crippen molar-refractivity contribution >= 4 is 21.4 Å². The second kappa shape index (κ2) is 5.50. The Labute approximate surface area is 126 Å². The second-order valence-corrected chi connectivity index (χ2v) is 8.13. The first kappa shape index (κ1) is 14.1. The Morgan fingerprint density at radius 2 is 1.90 bits per heavy atom. The molecule has 108 valence electrons. The summed E-state index contributed by atoms with van der Waals surface area (Å²) in [5.74, 6) is 0. The van der Waals surface area contributed by atoms with Crippen molar-refractivity contribution in [3.05, 3.63) is 35.2 Å². The van der Waals surface area contributed by atoms with E-state index in [1.807, 2.05) is 11.3 Å². The van der Waals surface area contributed by atoms with E-state index in [0.29, 0.717) is 17.5 Å². The molecule has 1 atom stereocenters. The van der Waals surface area contributed by atoms with Gasteiger partial charge in [0, 0.05) is 21.7 Å². The molecule has 1 unspecified atom stereocenters. The molecule has 3 rings (SSSR count). The third kappa shape index (κ3) is 3.07. The second-order valence-electron chi connectivity index (χ2n) is 7.01. The maximum atomic E-state index is 3.84. The minimum Gasteiger partial charge on any atom is -0.307 e. The van der Waals surface area contributed by atoms with Gasteiger partial charge in [0.15, 0.2) is 0 Å². The highest BCUT2D eigenvalue weighted by atomic mass is 32.1. The highest BCUT2D eigenvalue weighted by Crippen LogP contribution is 2.36. The standard InChI is InChI=1S/C18H25NS/c1-13(19-15-8-10-18(2,3)11-9-15)17-12-14-6-4-5-7-16(14)20-17/h4-7,12-13,15,19H,8-11H2,1-3H3. The Kier molecular flexibility index (Phi) is 3.87. The van der Waals surface area contributed by atoms with Crippen LogP contribution in [0.3, 0.4) is 0 Å². The lowest BCUT2D eigenvalue weighted by atomic mass is 9.75. The van der Waals surface area contributed by atoms with E-state index in [1.54, 1.807) is 0 Å². The summed E-state index contributed by atoms with van der Waals surface area (Å²) >= 11 is 1.93. The van der Waals surface area contributed by atoms with Crippen LogP contribution in [0, 0.1) is 5.41 Å². The van der Waals surface area contributed by atoms with Gasteiger partial charge in [-0.3, -0.25) is 0 Å². The third-order valence-corrected chi connectivity index (χ3v) is 6.00. The van der Waals surface area contributed by atoms with Gasteiger partial charge in [-0.2, -0.15) is 0 Å². The van der Waals surface area contributed by atoms with Gasteiger partial charge in [-0.05, 0) is 55.5 Å². The van der Waals surface area contributed by atoms with Crippen LogP contribution in [-0.4, -0.2) is 6.04 Å². The number of thiophene rings is 1. The minimum absolute atomic E-state index is 0.471. The van der Waals surface area contributed by atoms with Crippen molar-refractivity contribution < 1.29 is 0 Å². The molecule has 2 aromatic rings. The Balaban J connectivity index is 1.66. The lowest BCUT2D eigenvalue weighted by Crippen LogP contribution is -2.36. The van der Waals surface area contributed by atoms with Crippen LogP contribution in [0.15, 0.2) is 30.3 Å².